The zero-order chi connectivity index (χ0) is 11.7. The molecule has 4 unspecified atom stereocenters. The lowest BCUT2D eigenvalue weighted by Gasteiger charge is -2.13. The maximum atomic E-state index is 5.35. The van der Waals surface area contributed by atoms with Gasteiger partial charge in [0.25, 0.3) is 0 Å². The van der Waals surface area contributed by atoms with Crippen LogP contribution in [0.1, 0.15) is 50.9 Å². The molecule has 0 amide bonds. The number of aromatic amines is 1. The Balaban J connectivity index is 1.72. The van der Waals surface area contributed by atoms with Gasteiger partial charge in [-0.05, 0) is 69.0 Å². The second-order valence-electron chi connectivity index (χ2n) is 6.36. The van der Waals surface area contributed by atoms with E-state index >= 15 is 0 Å². The predicted molar refractivity (Wildman–Crippen MR) is 68.3 cm³/mol. The summed E-state index contributed by atoms with van der Waals surface area (Å²) < 4.78 is 3.03. The van der Waals surface area contributed by atoms with Crippen molar-refractivity contribution in [3.05, 3.63) is 10.6 Å². The molecular weight excluding hydrogens is 230 g/mol. The molecule has 0 spiro atoms. The van der Waals surface area contributed by atoms with Crippen LogP contribution in [0.15, 0.2) is 0 Å². The highest BCUT2D eigenvalue weighted by molar-refractivity contribution is 7.71. The second kappa shape index (κ2) is 3.22. The summed E-state index contributed by atoms with van der Waals surface area (Å²) >= 11 is 5.35. The van der Waals surface area contributed by atoms with Gasteiger partial charge < -0.3 is 4.57 Å². The van der Waals surface area contributed by atoms with Crippen LogP contribution in [0.4, 0.5) is 0 Å². The molecule has 3 fully saturated rings. The van der Waals surface area contributed by atoms with E-state index in [9.17, 15) is 0 Å². The van der Waals surface area contributed by atoms with E-state index in [1.165, 1.54) is 25.1 Å². The van der Waals surface area contributed by atoms with Crippen molar-refractivity contribution in [2.75, 3.05) is 0 Å². The van der Waals surface area contributed by atoms with Gasteiger partial charge in [-0.1, -0.05) is 0 Å². The number of H-pyrrole nitrogens is 1. The van der Waals surface area contributed by atoms with Gasteiger partial charge in [0, 0.05) is 12.0 Å². The van der Waals surface area contributed by atoms with Crippen molar-refractivity contribution in [3.8, 4) is 0 Å². The molecule has 1 heterocycles. The largest absolute Gasteiger partial charge is 0.301 e. The highest BCUT2D eigenvalue weighted by atomic mass is 32.1. The molecule has 92 valence electrons. The zero-order valence-electron chi connectivity index (χ0n) is 10.4. The standard InChI is InChI=1S/C13H19N3S/c1-6(2)16-12(14-15-13(16)17)11-9-7-3-4-8(5-7)10(9)11/h6-11H,3-5H2,1-2H3,(H,15,17). The quantitative estimate of drug-likeness (QED) is 0.816. The fourth-order valence-electron chi connectivity index (χ4n) is 4.72. The average molecular weight is 249 g/mol. The normalized spacial score (nSPS) is 42.2. The summed E-state index contributed by atoms with van der Waals surface area (Å²) in [7, 11) is 0. The molecule has 1 aromatic heterocycles. The molecule has 3 saturated carbocycles. The molecule has 0 aromatic carbocycles. The van der Waals surface area contributed by atoms with E-state index in [-0.39, 0.29) is 0 Å². The molecule has 1 aromatic rings. The van der Waals surface area contributed by atoms with Gasteiger partial charge in [-0.15, -0.1) is 0 Å². The summed E-state index contributed by atoms with van der Waals surface area (Å²) in [6, 6.07) is 0.426. The minimum absolute atomic E-state index is 0.426. The number of hydrogen-bond donors (Lipinski definition) is 1. The lowest BCUT2D eigenvalue weighted by Crippen LogP contribution is -2.09. The van der Waals surface area contributed by atoms with Crippen LogP contribution < -0.4 is 0 Å². The van der Waals surface area contributed by atoms with E-state index in [1.807, 2.05) is 0 Å². The molecule has 4 rings (SSSR count). The number of rotatable bonds is 2. The van der Waals surface area contributed by atoms with Crippen LogP contribution in [0.3, 0.4) is 0 Å². The third kappa shape index (κ3) is 1.22. The van der Waals surface area contributed by atoms with Crippen molar-refractivity contribution < 1.29 is 0 Å². The Morgan fingerprint density at radius 2 is 1.94 bits per heavy atom. The van der Waals surface area contributed by atoms with Gasteiger partial charge in [-0.25, -0.2) is 0 Å². The number of aromatic nitrogens is 3. The van der Waals surface area contributed by atoms with Gasteiger partial charge in [0.15, 0.2) is 4.77 Å². The zero-order valence-corrected chi connectivity index (χ0v) is 11.2. The van der Waals surface area contributed by atoms with Gasteiger partial charge in [0.05, 0.1) is 0 Å². The Morgan fingerprint density at radius 1 is 1.29 bits per heavy atom. The van der Waals surface area contributed by atoms with E-state index in [0.29, 0.717) is 6.04 Å². The first-order valence-electron chi connectivity index (χ1n) is 6.85. The van der Waals surface area contributed by atoms with Crippen molar-refractivity contribution >= 4 is 12.2 Å². The van der Waals surface area contributed by atoms with Crippen molar-refractivity contribution in [1.82, 2.24) is 14.8 Å². The summed E-state index contributed by atoms with van der Waals surface area (Å²) in [6.07, 6.45) is 4.43. The van der Waals surface area contributed by atoms with Crippen LogP contribution in [0.5, 0.6) is 0 Å². The highest BCUT2D eigenvalue weighted by Crippen LogP contribution is 2.72. The minimum atomic E-state index is 0.426. The molecule has 0 aliphatic heterocycles. The van der Waals surface area contributed by atoms with Gasteiger partial charge in [-0.3, -0.25) is 5.10 Å². The lowest BCUT2D eigenvalue weighted by atomic mass is 10.0. The molecular formula is C13H19N3S. The van der Waals surface area contributed by atoms with Crippen LogP contribution in [0.25, 0.3) is 0 Å². The summed E-state index contributed by atoms with van der Waals surface area (Å²) in [5, 5.41) is 7.52. The Kier molecular flexibility index (Phi) is 1.95. The van der Waals surface area contributed by atoms with E-state index < -0.39 is 0 Å². The summed E-state index contributed by atoms with van der Waals surface area (Å²) in [5.74, 6) is 5.85. The van der Waals surface area contributed by atoms with Gasteiger partial charge in [-0.2, -0.15) is 5.10 Å². The SMILES string of the molecule is CC(C)n1c(C2C3C4CCC(C4)C23)n[nH]c1=S. The van der Waals surface area contributed by atoms with Crippen LogP contribution >= 0.6 is 12.2 Å². The van der Waals surface area contributed by atoms with Crippen LogP contribution in [-0.4, -0.2) is 14.8 Å². The molecule has 0 saturated heterocycles. The minimum Gasteiger partial charge on any atom is -0.301 e. The van der Waals surface area contributed by atoms with Crippen LogP contribution in [-0.2, 0) is 0 Å². The third-order valence-corrected chi connectivity index (χ3v) is 5.57. The Morgan fingerprint density at radius 3 is 2.53 bits per heavy atom. The molecule has 3 nitrogen and oxygen atoms in total. The van der Waals surface area contributed by atoms with Crippen molar-refractivity contribution in [1.29, 1.82) is 0 Å². The van der Waals surface area contributed by atoms with Crippen LogP contribution in [0, 0.1) is 28.4 Å². The topological polar surface area (TPSA) is 33.6 Å². The monoisotopic (exact) mass is 249 g/mol. The number of fused-ring (bicyclic) bond motifs is 5. The molecule has 3 aliphatic rings. The summed E-state index contributed by atoms with van der Waals surface area (Å²) in [4.78, 5) is 0. The van der Waals surface area contributed by atoms with Gasteiger partial charge >= 0.3 is 0 Å². The molecule has 4 atom stereocenters. The second-order valence-corrected chi connectivity index (χ2v) is 6.75. The fourth-order valence-corrected chi connectivity index (χ4v) is 5.07. The lowest BCUT2D eigenvalue weighted by molar-refractivity contribution is 0.456. The summed E-state index contributed by atoms with van der Waals surface area (Å²) in [5.41, 5.74) is 0. The van der Waals surface area contributed by atoms with E-state index in [4.69, 9.17) is 12.2 Å². The first kappa shape index (κ1) is 10.3. The van der Waals surface area contributed by atoms with E-state index in [2.05, 4.69) is 28.6 Å². The first-order chi connectivity index (χ1) is 8.18. The van der Waals surface area contributed by atoms with Crippen molar-refractivity contribution in [2.45, 2.75) is 45.1 Å². The molecule has 1 N–H and O–H groups in total. The van der Waals surface area contributed by atoms with Crippen LogP contribution in [0.2, 0.25) is 0 Å². The van der Waals surface area contributed by atoms with Crippen molar-refractivity contribution in [3.63, 3.8) is 0 Å². The molecule has 2 bridgehead atoms. The Hall–Kier alpha value is -0.640. The molecule has 17 heavy (non-hydrogen) atoms. The predicted octanol–water partition coefficient (Wildman–Crippen LogP) is 3.28. The smallest absolute Gasteiger partial charge is 0.195 e. The Labute approximate surface area is 107 Å². The van der Waals surface area contributed by atoms with E-state index in [1.54, 1.807) is 0 Å². The fraction of sp³-hybridized carbons (Fsp3) is 0.846. The molecule has 0 radical (unpaired) electrons. The highest BCUT2D eigenvalue weighted by Gasteiger charge is 2.66. The number of hydrogen-bond acceptors (Lipinski definition) is 2. The maximum absolute atomic E-state index is 5.35. The van der Waals surface area contributed by atoms with Gasteiger partial charge in [0.2, 0.25) is 0 Å². The average Bonchev–Trinajstić information content (AvgIpc) is 2.67. The van der Waals surface area contributed by atoms with Gasteiger partial charge in [0.1, 0.15) is 5.82 Å². The number of nitrogens with one attached hydrogen (secondary N) is 1. The summed E-state index contributed by atoms with van der Waals surface area (Å²) in [6.45, 7) is 4.39. The maximum Gasteiger partial charge on any atom is 0.195 e. The van der Waals surface area contributed by atoms with E-state index in [0.717, 1.165) is 34.4 Å². The first-order valence-corrected chi connectivity index (χ1v) is 7.26. The number of nitrogens with zero attached hydrogens (tertiary/aromatic N) is 2. The molecule has 4 heteroatoms. The van der Waals surface area contributed by atoms with Crippen molar-refractivity contribution in [2.24, 2.45) is 23.7 Å². The molecule has 3 aliphatic carbocycles. The Bertz CT molecular complexity index is 499. The third-order valence-electron chi connectivity index (χ3n) is 5.28.